The average Bonchev–Trinajstić information content (AvgIpc) is 2.97. The number of amides is 2. The van der Waals surface area contributed by atoms with Crippen LogP contribution in [0.25, 0.3) is 6.08 Å². The van der Waals surface area contributed by atoms with Gasteiger partial charge >= 0.3 is 0 Å². The van der Waals surface area contributed by atoms with Gasteiger partial charge in [-0.05, 0) is 76.4 Å². The normalized spacial score (nSPS) is 16.2. The molecule has 0 aliphatic carbocycles. The van der Waals surface area contributed by atoms with E-state index in [1.165, 1.54) is 4.90 Å². The summed E-state index contributed by atoms with van der Waals surface area (Å²) in [5.74, 6) is 0.376. The minimum atomic E-state index is -0.358. The minimum absolute atomic E-state index is 0.0805. The molecule has 1 atom stereocenters. The van der Waals surface area contributed by atoms with Gasteiger partial charge in [0.1, 0.15) is 5.75 Å². The van der Waals surface area contributed by atoms with E-state index in [9.17, 15) is 14.9 Å². The van der Waals surface area contributed by atoms with Crippen LogP contribution in [0.4, 0.5) is 4.79 Å². The number of nitrogens with zero attached hydrogens (tertiary/aromatic N) is 2. The highest BCUT2D eigenvalue weighted by Crippen LogP contribution is 2.35. The van der Waals surface area contributed by atoms with Crippen molar-refractivity contribution in [2.24, 2.45) is 0 Å². The molecule has 2 aromatic rings. The van der Waals surface area contributed by atoms with Gasteiger partial charge in [-0.1, -0.05) is 31.2 Å². The van der Waals surface area contributed by atoms with Crippen molar-refractivity contribution in [1.29, 1.82) is 5.26 Å². The molecule has 5 nitrogen and oxygen atoms in total. The number of carbonyl (C=O) groups excluding carboxylic acids is 2. The molecule has 1 aliphatic rings. The molecule has 148 valence electrons. The summed E-state index contributed by atoms with van der Waals surface area (Å²) in [6.45, 7) is 4.13. The van der Waals surface area contributed by atoms with E-state index < -0.39 is 0 Å². The van der Waals surface area contributed by atoms with Crippen molar-refractivity contribution in [1.82, 2.24) is 4.90 Å². The van der Waals surface area contributed by atoms with Crippen LogP contribution < -0.4 is 4.74 Å². The van der Waals surface area contributed by atoms with Crippen LogP contribution >= 0.6 is 27.7 Å². The first-order chi connectivity index (χ1) is 13.9. The summed E-state index contributed by atoms with van der Waals surface area (Å²) in [6.07, 6.45) is 2.69. The van der Waals surface area contributed by atoms with Crippen LogP contribution in [0.1, 0.15) is 37.0 Å². The predicted octanol–water partition coefficient (Wildman–Crippen LogP) is 5.73. The molecule has 2 amide bonds. The van der Waals surface area contributed by atoms with Crippen LogP contribution in [0, 0.1) is 11.3 Å². The maximum absolute atomic E-state index is 12.8. The summed E-state index contributed by atoms with van der Waals surface area (Å²) < 4.78 is 6.62. The van der Waals surface area contributed by atoms with Crippen molar-refractivity contribution in [3.8, 4) is 11.8 Å². The zero-order valence-electron chi connectivity index (χ0n) is 16.0. The number of nitriles is 1. The largest absolute Gasteiger partial charge is 0.490 e. The Balaban J connectivity index is 1.79. The monoisotopic (exact) mass is 470 g/mol. The maximum atomic E-state index is 12.8. The van der Waals surface area contributed by atoms with Crippen molar-refractivity contribution in [2.75, 3.05) is 0 Å². The first-order valence-electron chi connectivity index (χ1n) is 9.12. The van der Waals surface area contributed by atoms with Gasteiger partial charge in [0.15, 0.2) is 0 Å². The zero-order chi connectivity index (χ0) is 21.0. The SMILES string of the molecule is CC[C@H](C)Oc1ccc(/C=C2/SC(=O)N(Cc3ccccc3C#N)C2=O)cc1Br. The molecule has 1 heterocycles. The van der Waals surface area contributed by atoms with E-state index in [0.29, 0.717) is 16.0 Å². The lowest BCUT2D eigenvalue weighted by Gasteiger charge is -2.14. The van der Waals surface area contributed by atoms with Crippen LogP contribution in [0.3, 0.4) is 0 Å². The third-order valence-corrected chi connectivity index (χ3v) is 6.02. The van der Waals surface area contributed by atoms with Crippen LogP contribution in [0.15, 0.2) is 51.8 Å². The fraction of sp³-hybridized carbons (Fsp3) is 0.227. The highest BCUT2D eigenvalue weighted by Gasteiger charge is 2.35. The van der Waals surface area contributed by atoms with E-state index >= 15 is 0 Å². The van der Waals surface area contributed by atoms with Crippen LogP contribution in [0.2, 0.25) is 0 Å². The number of hydrogen-bond donors (Lipinski definition) is 0. The molecule has 0 aromatic heterocycles. The van der Waals surface area contributed by atoms with E-state index in [0.717, 1.165) is 34.0 Å². The van der Waals surface area contributed by atoms with Gasteiger partial charge in [0.25, 0.3) is 11.1 Å². The second-order valence-corrected chi connectivity index (χ2v) is 8.41. The fourth-order valence-corrected chi connectivity index (χ4v) is 4.06. The van der Waals surface area contributed by atoms with Gasteiger partial charge < -0.3 is 4.74 Å². The Labute approximate surface area is 182 Å². The van der Waals surface area contributed by atoms with Crippen LogP contribution in [0.5, 0.6) is 5.75 Å². The van der Waals surface area contributed by atoms with Gasteiger partial charge in [-0.3, -0.25) is 14.5 Å². The number of thioether (sulfide) groups is 1. The Morgan fingerprint density at radius 3 is 2.72 bits per heavy atom. The van der Waals surface area contributed by atoms with Gasteiger partial charge in [-0.25, -0.2) is 0 Å². The van der Waals surface area contributed by atoms with Crippen LogP contribution in [-0.2, 0) is 11.3 Å². The quantitative estimate of drug-likeness (QED) is 0.503. The van der Waals surface area contributed by atoms with E-state index in [2.05, 4.69) is 28.9 Å². The second kappa shape index (κ2) is 9.29. The van der Waals surface area contributed by atoms with Crippen molar-refractivity contribution >= 4 is 44.9 Å². The highest BCUT2D eigenvalue weighted by molar-refractivity contribution is 9.10. The standard InChI is InChI=1S/C22H19BrN2O3S/c1-3-14(2)28-19-9-8-15(10-18(19)23)11-20-21(26)25(22(27)29-20)13-17-7-5-4-6-16(17)12-24/h4-11,14H,3,13H2,1-2H3/b20-11+/t14-/m0/s1. The number of ether oxygens (including phenoxy) is 1. The summed E-state index contributed by atoms with van der Waals surface area (Å²) in [4.78, 5) is 26.7. The molecule has 3 rings (SSSR count). The molecule has 1 fully saturated rings. The molecule has 7 heteroatoms. The molecular formula is C22H19BrN2O3S. The molecule has 0 radical (unpaired) electrons. The zero-order valence-corrected chi connectivity index (χ0v) is 18.4. The highest BCUT2D eigenvalue weighted by atomic mass is 79.9. The first kappa shape index (κ1) is 21.2. The fourth-order valence-electron chi connectivity index (χ4n) is 2.73. The van der Waals surface area contributed by atoms with Crippen molar-refractivity contribution < 1.29 is 14.3 Å². The number of halogens is 1. The predicted molar refractivity (Wildman–Crippen MR) is 117 cm³/mol. The molecule has 1 aliphatic heterocycles. The maximum Gasteiger partial charge on any atom is 0.293 e. The average molecular weight is 471 g/mol. The smallest absolute Gasteiger partial charge is 0.293 e. The van der Waals surface area contributed by atoms with E-state index in [-0.39, 0.29) is 23.8 Å². The van der Waals surface area contributed by atoms with Gasteiger partial charge in [-0.15, -0.1) is 0 Å². The third-order valence-electron chi connectivity index (χ3n) is 4.50. The number of rotatable bonds is 6. The molecule has 0 spiro atoms. The van der Waals surface area contributed by atoms with Crippen LogP contribution in [-0.4, -0.2) is 22.2 Å². The summed E-state index contributed by atoms with van der Waals surface area (Å²) in [7, 11) is 0. The molecule has 1 saturated heterocycles. The number of imide groups is 1. The number of benzene rings is 2. The van der Waals surface area contributed by atoms with Gasteiger partial charge in [0.2, 0.25) is 0 Å². The molecule has 0 unspecified atom stereocenters. The Bertz CT molecular complexity index is 1030. The van der Waals surface area contributed by atoms with Crippen molar-refractivity contribution in [2.45, 2.75) is 32.9 Å². The number of hydrogen-bond acceptors (Lipinski definition) is 5. The van der Waals surface area contributed by atoms with Crippen molar-refractivity contribution in [3.63, 3.8) is 0 Å². The Kier molecular flexibility index (Phi) is 6.78. The molecular weight excluding hydrogens is 452 g/mol. The molecule has 29 heavy (non-hydrogen) atoms. The van der Waals surface area contributed by atoms with E-state index in [1.54, 1.807) is 30.3 Å². The van der Waals surface area contributed by atoms with Gasteiger partial charge in [0.05, 0.1) is 33.7 Å². The van der Waals surface area contributed by atoms with Gasteiger partial charge in [-0.2, -0.15) is 5.26 Å². The first-order valence-corrected chi connectivity index (χ1v) is 10.7. The van der Waals surface area contributed by atoms with E-state index in [4.69, 9.17) is 4.74 Å². The lowest BCUT2D eigenvalue weighted by Crippen LogP contribution is -2.27. The summed E-state index contributed by atoms with van der Waals surface area (Å²) in [6, 6.07) is 14.6. The molecule has 0 N–H and O–H groups in total. The Hall–Kier alpha value is -2.56. The molecule has 2 aromatic carbocycles. The molecule has 0 bridgehead atoms. The Morgan fingerprint density at radius 2 is 2.03 bits per heavy atom. The lowest BCUT2D eigenvalue weighted by atomic mass is 10.1. The topological polar surface area (TPSA) is 70.4 Å². The minimum Gasteiger partial charge on any atom is -0.490 e. The second-order valence-electron chi connectivity index (χ2n) is 6.56. The molecule has 0 saturated carbocycles. The summed E-state index contributed by atoms with van der Waals surface area (Å²) in [5, 5.41) is 8.88. The van der Waals surface area contributed by atoms with E-state index in [1.807, 2.05) is 25.1 Å². The van der Waals surface area contributed by atoms with Gasteiger partial charge in [0, 0.05) is 0 Å². The summed E-state index contributed by atoms with van der Waals surface area (Å²) >= 11 is 4.40. The lowest BCUT2D eigenvalue weighted by molar-refractivity contribution is -0.123. The third kappa shape index (κ3) is 4.89. The Morgan fingerprint density at radius 1 is 1.28 bits per heavy atom. The van der Waals surface area contributed by atoms with Crippen molar-refractivity contribution in [3.05, 3.63) is 68.5 Å². The summed E-state index contributed by atoms with van der Waals surface area (Å²) in [5.41, 5.74) is 1.89. The number of carbonyl (C=O) groups is 2.